The highest BCUT2D eigenvalue weighted by Gasteiger charge is 2.28. The molecule has 0 aliphatic heterocycles. The zero-order valence-corrected chi connectivity index (χ0v) is 12.2. The molecule has 0 fully saturated rings. The van der Waals surface area contributed by atoms with Gasteiger partial charge in [0.25, 0.3) is 5.91 Å². The van der Waals surface area contributed by atoms with Crippen molar-refractivity contribution in [2.24, 2.45) is 0 Å². The number of hydrogen-bond donors (Lipinski definition) is 2. The summed E-state index contributed by atoms with van der Waals surface area (Å²) in [6, 6.07) is 1.68. The second-order valence-corrected chi connectivity index (χ2v) is 5.92. The quantitative estimate of drug-likeness (QED) is 0.896. The second-order valence-electron chi connectivity index (χ2n) is 5.00. The van der Waals surface area contributed by atoms with Crippen molar-refractivity contribution < 1.29 is 14.7 Å². The first kappa shape index (κ1) is 14.8. The minimum absolute atomic E-state index is 0.0646. The molecule has 1 heterocycles. The van der Waals surface area contributed by atoms with Crippen LogP contribution in [0, 0.1) is 0 Å². The van der Waals surface area contributed by atoms with Crippen molar-refractivity contribution in [3.63, 3.8) is 0 Å². The molecule has 1 amide bonds. The minimum Gasteiger partial charge on any atom is -0.481 e. The van der Waals surface area contributed by atoms with Gasteiger partial charge >= 0.3 is 5.97 Å². The fourth-order valence-electron chi connectivity index (χ4n) is 1.59. The summed E-state index contributed by atoms with van der Waals surface area (Å²) in [5.74, 6) is -1.11. The van der Waals surface area contributed by atoms with Crippen LogP contribution in [0.5, 0.6) is 0 Å². The highest BCUT2D eigenvalue weighted by Crippen LogP contribution is 2.19. The molecule has 1 aromatic rings. The van der Waals surface area contributed by atoms with E-state index in [0.29, 0.717) is 5.69 Å². The molecular weight excluding hydrogens is 300 g/mol. The Balaban J connectivity index is 2.89. The molecule has 18 heavy (non-hydrogen) atoms. The highest BCUT2D eigenvalue weighted by molar-refractivity contribution is 9.10. The number of aromatic amines is 1. The Morgan fingerprint density at radius 1 is 1.44 bits per heavy atom. The van der Waals surface area contributed by atoms with Gasteiger partial charge in [0.1, 0.15) is 5.69 Å². The van der Waals surface area contributed by atoms with Gasteiger partial charge in [-0.15, -0.1) is 0 Å². The first-order valence-corrected chi connectivity index (χ1v) is 6.39. The summed E-state index contributed by atoms with van der Waals surface area (Å²) >= 11 is 3.27. The Morgan fingerprint density at radius 2 is 2.06 bits per heavy atom. The van der Waals surface area contributed by atoms with Gasteiger partial charge in [-0.05, 0) is 42.8 Å². The molecule has 0 saturated carbocycles. The Hall–Kier alpha value is -1.30. The van der Waals surface area contributed by atoms with E-state index in [-0.39, 0.29) is 18.9 Å². The summed E-state index contributed by atoms with van der Waals surface area (Å²) in [6.07, 6.45) is 1.61. The number of H-pyrrole nitrogens is 1. The van der Waals surface area contributed by atoms with Crippen LogP contribution in [0.1, 0.15) is 37.7 Å². The number of rotatable bonds is 4. The maximum atomic E-state index is 12.3. The number of halogens is 1. The molecule has 0 saturated heterocycles. The second kappa shape index (κ2) is 5.56. The van der Waals surface area contributed by atoms with Gasteiger partial charge in [0.15, 0.2) is 0 Å². The van der Waals surface area contributed by atoms with Crippen molar-refractivity contribution in [2.45, 2.75) is 32.7 Å². The topological polar surface area (TPSA) is 73.4 Å². The van der Waals surface area contributed by atoms with E-state index >= 15 is 0 Å². The van der Waals surface area contributed by atoms with Gasteiger partial charge in [-0.1, -0.05) is 0 Å². The first-order chi connectivity index (χ1) is 8.21. The minimum atomic E-state index is -0.912. The largest absolute Gasteiger partial charge is 0.481 e. The molecule has 0 aliphatic carbocycles. The van der Waals surface area contributed by atoms with Crippen LogP contribution in [0.25, 0.3) is 0 Å². The Kier molecular flexibility index (Phi) is 4.56. The Bertz CT molecular complexity index is 448. The van der Waals surface area contributed by atoms with Crippen molar-refractivity contribution in [3.05, 3.63) is 22.4 Å². The fourth-order valence-corrected chi connectivity index (χ4v) is 1.93. The molecule has 1 rings (SSSR count). The average Bonchev–Trinajstić information content (AvgIpc) is 2.62. The number of nitrogens with zero attached hydrogens (tertiary/aromatic N) is 1. The van der Waals surface area contributed by atoms with Crippen LogP contribution in [0.2, 0.25) is 0 Å². The summed E-state index contributed by atoms with van der Waals surface area (Å²) in [5, 5.41) is 8.73. The van der Waals surface area contributed by atoms with Gasteiger partial charge < -0.3 is 15.0 Å². The van der Waals surface area contributed by atoms with E-state index in [4.69, 9.17) is 5.11 Å². The normalized spacial score (nSPS) is 11.3. The van der Waals surface area contributed by atoms with Crippen LogP contribution in [-0.4, -0.2) is 39.0 Å². The van der Waals surface area contributed by atoms with Gasteiger partial charge in [-0.25, -0.2) is 0 Å². The maximum absolute atomic E-state index is 12.3. The summed E-state index contributed by atoms with van der Waals surface area (Å²) in [6.45, 7) is 5.83. The smallest absolute Gasteiger partial charge is 0.305 e. The molecule has 0 aromatic carbocycles. The zero-order chi connectivity index (χ0) is 13.9. The lowest BCUT2D eigenvalue weighted by Gasteiger charge is -2.35. The van der Waals surface area contributed by atoms with Crippen LogP contribution in [0.15, 0.2) is 16.7 Å². The number of carbonyl (C=O) groups is 2. The average molecular weight is 317 g/mol. The van der Waals surface area contributed by atoms with Crippen molar-refractivity contribution >= 4 is 27.8 Å². The monoisotopic (exact) mass is 316 g/mol. The van der Waals surface area contributed by atoms with E-state index in [2.05, 4.69) is 20.9 Å². The van der Waals surface area contributed by atoms with E-state index < -0.39 is 11.5 Å². The third-order valence-corrected chi connectivity index (χ3v) is 2.94. The van der Waals surface area contributed by atoms with E-state index in [1.807, 2.05) is 20.8 Å². The van der Waals surface area contributed by atoms with Crippen LogP contribution >= 0.6 is 15.9 Å². The maximum Gasteiger partial charge on any atom is 0.305 e. The number of aromatic nitrogens is 1. The van der Waals surface area contributed by atoms with Gasteiger partial charge in [0, 0.05) is 22.8 Å². The van der Waals surface area contributed by atoms with Gasteiger partial charge in [0.05, 0.1) is 6.42 Å². The third-order valence-electron chi connectivity index (χ3n) is 2.48. The number of amides is 1. The third kappa shape index (κ3) is 3.87. The number of nitrogens with one attached hydrogen (secondary N) is 1. The lowest BCUT2D eigenvalue weighted by molar-refractivity contribution is -0.137. The van der Waals surface area contributed by atoms with Gasteiger partial charge in [-0.2, -0.15) is 0 Å². The molecule has 0 aliphatic rings. The predicted octanol–water partition coefficient (Wildman–Crippen LogP) is 2.49. The molecule has 0 radical (unpaired) electrons. The zero-order valence-electron chi connectivity index (χ0n) is 10.7. The van der Waals surface area contributed by atoms with Crippen molar-refractivity contribution in [1.29, 1.82) is 0 Å². The van der Waals surface area contributed by atoms with Crippen molar-refractivity contribution in [2.75, 3.05) is 6.54 Å². The lowest BCUT2D eigenvalue weighted by atomic mass is 10.0. The fraction of sp³-hybridized carbons (Fsp3) is 0.500. The van der Waals surface area contributed by atoms with E-state index in [1.165, 1.54) is 0 Å². The first-order valence-electron chi connectivity index (χ1n) is 5.59. The molecule has 0 atom stereocenters. The number of carboxylic acids is 1. The van der Waals surface area contributed by atoms with Crippen LogP contribution in [-0.2, 0) is 4.79 Å². The summed E-state index contributed by atoms with van der Waals surface area (Å²) < 4.78 is 0.790. The summed E-state index contributed by atoms with van der Waals surface area (Å²) in [5.41, 5.74) is 0.0200. The number of hydrogen-bond acceptors (Lipinski definition) is 2. The van der Waals surface area contributed by atoms with E-state index in [1.54, 1.807) is 17.2 Å². The van der Waals surface area contributed by atoms with Gasteiger partial charge in [0.2, 0.25) is 0 Å². The number of aliphatic carboxylic acids is 1. The van der Waals surface area contributed by atoms with Gasteiger partial charge in [-0.3, -0.25) is 9.59 Å². The predicted molar refractivity (Wildman–Crippen MR) is 71.5 cm³/mol. The van der Waals surface area contributed by atoms with Crippen molar-refractivity contribution in [1.82, 2.24) is 9.88 Å². The van der Waals surface area contributed by atoms with Crippen LogP contribution < -0.4 is 0 Å². The number of carbonyl (C=O) groups excluding carboxylic acids is 1. The molecule has 6 heteroatoms. The number of carboxylic acid groups (broad SMARTS) is 1. The Labute approximate surface area is 114 Å². The molecule has 0 spiro atoms. The highest BCUT2D eigenvalue weighted by atomic mass is 79.9. The molecule has 0 unspecified atom stereocenters. The summed E-state index contributed by atoms with van der Waals surface area (Å²) in [7, 11) is 0. The lowest BCUT2D eigenvalue weighted by Crippen LogP contribution is -2.46. The molecule has 0 bridgehead atoms. The van der Waals surface area contributed by atoms with E-state index in [9.17, 15) is 9.59 Å². The van der Waals surface area contributed by atoms with E-state index in [0.717, 1.165) is 4.47 Å². The van der Waals surface area contributed by atoms with Crippen molar-refractivity contribution in [3.8, 4) is 0 Å². The molecule has 100 valence electrons. The standard InChI is InChI=1S/C12H17BrN2O3/c1-12(2,3)15(5-4-10(16)17)11(18)9-6-8(13)7-14-9/h6-7,14H,4-5H2,1-3H3,(H,16,17). The SMILES string of the molecule is CC(C)(C)N(CCC(=O)O)C(=O)c1cc(Br)c[nH]1. The molecular formula is C12H17BrN2O3. The van der Waals surface area contributed by atoms with Crippen LogP contribution in [0.3, 0.4) is 0 Å². The molecule has 1 aromatic heterocycles. The summed E-state index contributed by atoms with van der Waals surface area (Å²) in [4.78, 5) is 27.4. The molecule has 5 nitrogen and oxygen atoms in total. The Morgan fingerprint density at radius 3 is 2.44 bits per heavy atom. The molecule has 2 N–H and O–H groups in total. The van der Waals surface area contributed by atoms with Crippen LogP contribution in [0.4, 0.5) is 0 Å².